The highest BCUT2D eigenvalue weighted by molar-refractivity contribution is 7.82. The molecule has 0 radical (unpaired) electrons. The van der Waals surface area contributed by atoms with Crippen LogP contribution in [0.15, 0.2) is 0 Å². The first kappa shape index (κ1) is 11.1. The third-order valence-corrected chi connectivity index (χ3v) is 5.06. The van der Waals surface area contributed by atoms with Crippen molar-refractivity contribution in [1.82, 2.24) is 4.31 Å². The molecule has 2 fully saturated rings. The predicted octanol–water partition coefficient (Wildman–Crippen LogP) is 0.998. The van der Waals surface area contributed by atoms with Crippen molar-refractivity contribution in [2.24, 2.45) is 5.92 Å². The molecule has 2 heterocycles. The molecule has 0 aromatic heterocycles. The molecule has 3 unspecified atom stereocenters. The number of carboxylic acids is 1. The van der Waals surface area contributed by atoms with E-state index in [-0.39, 0.29) is 18.0 Å². The lowest BCUT2D eigenvalue weighted by Crippen LogP contribution is -2.45. The molecule has 1 N–H and O–H groups in total. The molecule has 0 spiro atoms. The van der Waals surface area contributed by atoms with E-state index in [4.69, 9.17) is 5.11 Å². The van der Waals surface area contributed by atoms with Gasteiger partial charge < -0.3 is 5.11 Å². The van der Waals surface area contributed by atoms with Gasteiger partial charge in [-0.3, -0.25) is 4.79 Å². The van der Waals surface area contributed by atoms with Crippen LogP contribution in [0.1, 0.15) is 32.6 Å². The van der Waals surface area contributed by atoms with Gasteiger partial charge in [0.1, 0.15) is 0 Å². The first-order valence-corrected chi connectivity index (χ1v) is 6.80. The van der Waals surface area contributed by atoms with Crippen LogP contribution in [0.3, 0.4) is 0 Å². The Labute approximate surface area is 92.2 Å². The first-order valence-electron chi connectivity index (χ1n) is 5.53. The van der Waals surface area contributed by atoms with Crippen LogP contribution in [-0.2, 0) is 15.8 Å². The molecular formula is C10H17NO3S. The number of nitrogens with zero attached hydrogens (tertiary/aromatic N) is 1. The second-order valence-corrected chi connectivity index (χ2v) is 6.00. The van der Waals surface area contributed by atoms with Crippen LogP contribution >= 0.6 is 0 Å². The Kier molecular flexibility index (Phi) is 3.11. The Morgan fingerprint density at radius 2 is 1.93 bits per heavy atom. The molecule has 86 valence electrons. The monoisotopic (exact) mass is 231 g/mol. The van der Waals surface area contributed by atoms with Crippen LogP contribution in [0.2, 0.25) is 0 Å². The molecule has 15 heavy (non-hydrogen) atoms. The summed E-state index contributed by atoms with van der Waals surface area (Å²) in [5.41, 5.74) is 0. The van der Waals surface area contributed by atoms with Crippen molar-refractivity contribution in [1.29, 1.82) is 0 Å². The molecule has 0 saturated carbocycles. The van der Waals surface area contributed by atoms with E-state index in [9.17, 15) is 9.00 Å². The molecular weight excluding hydrogens is 214 g/mol. The summed E-state index contributed by atoms with van der Waals surface area (Å²) in [7, 11) is -0.899. The summed E-state index contributed by atoms with van der Waals surface area (Å²) in [6.07, 6.45) is 3.38. The fraction of sp³-hybridized carbons (Fsp3) is 0.900. The van der Waals surface area contributed by atoms with E-state index in [0.29, 0.717) is 18.6 Å². The zero-order chi connectivity index (χ0) is 11.0. The van der Waals surface area contributed by atoms with Crippen molar-refractivity contribution in [3.63, 3.8) is 0 Å². The number of piperidine rings is 1. The van der Waals surface area contributed by atoms with Crippen molar-refractivity contribution in [3.05, 3.63) is 0 Å². The Bertz CT molecular complexity index is 280. The van der Waals surface area contributed by atoms with Crippen LogP contribution in [0.4, 0.5) is 0 Å². The van der Waals surface area contributed by atoms with E-state index in [1.165, 1.54) is 0 Å². The molecule has 0 aromatic carbocycles. The third-order valence-electron chi connectivity index (χ3n) is 3.50. The summed E-state index contributed by atoms with van der Waals surface area (Å²) in [5.74, 6) is -0.258. The maximum Gasteiger partial charge on any atom is 0.306 e. The van der Waals surface area contributed by atoms with Gasteiger partial charge in [0.2, 0.25) is 0 Å². The standard InChI is InChI=1S/C10H17NO3S/c1-2-15(14)11-8-3-4-9(11)6-7(5-8)10(12)13/h7-9H,2-6H2,1H3,(H,12,13). The number of hydrogen-bond acceptors (Lipinski definition) is 2. The Morgan fingerprint density at radius 1 is 1.40 bits per heavy atom. The van der Waals surface area contributed by atoms with Crippen molar-refractivity contribution in [2.75, 3.05) is 5.75 Å². The minimum absolute atomic E-state index is 0.215. The second-order valence-electron chi connectivity index (χ2n) is 4.36. The topological polar surface area (TPSA) is 57.6 Å². The summed E-state index contributed by atoms with van der Waals surface area (Å²) >= 11 is 0. The fourth-order valence-corrected chi connectivity index (χ4v) is 4.16. The van der Waals surface area contributed by atoms with Gasteiger partial charge in [0.15, 0.2) is 0 Å². The van der Waals surface area contributed by atoms with Crippen molar-refractivity contribution in [2.45, 2.75) is 44.7 Å². The van der Waals surface area contributed by atoms with Crippen molar-refractivity contribution in [3.8, 4) is 0 Å². The lowest BCUT2D eigenvalue weighted by atomic mass is 9.93. The average molecular weight is 231 g/mol. The normalized spacial score (nSPS) is 37.8. The number of carbonyl (C=O) groups is 1. The highest BCUT2D eigenvalue weighted by Crippen LogP contribution is 2.39. The molecule has 2 saturated heterocycles. The summed E-state index contributed by atoms with van der Waals surface area (Å²) in [5, 5.41) is 8.99. The fourth-order valence-electron chi connectivity index (χ4n) is 2.82. The summed E-state index contributed by atoms with van der Waals surface area (Å²) < 4.78 is 13.8. The van der Waals surface area contributed by atoms with E-state index in [1.807, 2.05) is 6.92 Å². The molecule has 0 aliphatic carbocycles. The van der Waals surface area contributed by atoms with Crippen LogP contribution in [-0.4, -0.2) is 37.4 Å². The third kappa shape index (κ3) is 1.95. The van der Waals surface area contributed by atoms with Crippen LogP contribution in [0.5, 0.6) is 0 Å². The SMILES string of the molecule is CCS(=O)N1C2CCC1CC(C(=O)O)C2. The minimum Gasteiger partial charge on any atom is -0.481 e. The van der Waals surface area contributed by atoms with E-state index in [1.54, 1.807) is 0 Å². The van der Waals surface area contributed by atoms with Crippen LogP contribution < -0.4 is 0 Å². The van der Waals surface area contributed by atoms with Crippen LogP contribution in [0, 0.1) is 5.92 Å². The first-order chi connectivity index (χ1) is 7.13. The second kappa shape index (κ2) is 4.22. The zero-order valence-corrected chi connectivity index (χ0v) is 9.70. The molecule has 2 aliphatic heterocycles. The van der Waals surface area contributed by atoms with E-state index < -0.39 is 17.0 Å². The summed E-state index contributed by atoms with van der Waals surface area (Å²) in [4.78, 5) is 10.9. The number of fused-ring (bicyclic) bond motifs is 2. The summed E-state index contributed by atoms with van der Waals surface area (Å²) in [6, 6.07) is 0.483. The van der Waals surface area contributed by atoms with Gasteiger partial charge >= 0.3 is 5.97 Å². The van der Waals surface area contributed by atoms with Gasteiger partial charge in [-0.1, -0.05) is 6.92 Å². The molecule has 2 rings (SSSR count). The number of rotatable bonds is 3. The Hall–Kier alpha value is -0.420. The van der Waals surface area contributed by atoms with Gasteiger partial charge in [-0.05, 0) is 25.7 Å². The lowest BCUT2D eigenvalue weighted by molar-refractivity contribution is -0.143. The quantitative estimate of drug-likeness (QED) is 0.788. The molecule has 4 nitrogen and oxygen atoms in total. The average Bonchev–Trinajstić information content (AvgIpc) is 2.47. The molecule has 0 amide bonds. The molecule has 2 bridgehead atoms. The van der Waals surface area contributed by atoms with E-state index >= 15 is 0 Å². The number of hydrogen-bond donors (Lipinski definition) is 1. The highest BCUT2D eigenvalue weighted by atomic mass is 32.2. The van der Waals surface area contributed by atoms with Gasteiger partial charge in [-0.2, -0.15) is 0 Å². The van der Waals surface area contributed by atoms with Gasteiger partial charge in [-0.25, -0.2) is 8.51 Å². The highest BCUT2D eigenvalue weighted by Gasteiger charge is 2.44. The predicted molar refractivity (Wildman–Crippen MR) is 57.7 cm³/mol. The van der Waals surface area contributed by atoms with Gasteiger partial charge in [-0.15, -0.1) is 0 Å². The Morgan fingerprint density at radius 3 is 2.33 bits per heavy atom. The lowest BCUT2D eigenvalue weighted by Gasteiger charge is -2.35. The molecule has 3 atom stereocenters. The van der Waals surface area contributed by atoms with E-state index in [2.05, 4.69) is 4.31 Å². The Balaban J connectivity index is 2.10. The van der Waals surface area contributed by atoms with Crippen molar-refractivity contribution < 1.29 is 14.1 Å². The van der Waals surface area contributed by atoms with E-state index in [0.717, 1.165) is 12.8 Å². The number of carboxylic acid groups (broad SMARTS) is 1. The maximum absolute atomic E-state index is 11.8. The number of aliphatic carboxylic acids is 1. The van der Waals surface area contributed by atoms with Crippen LogP contribution in [0.25, 0.3) is 0 Å². The molecule has 5 heteroatoms. The van der Waals surface area contributed by atoms with Gasteiger partial charge in [0.25, 0.3) is 0 Å². The zero-order valence-electron chi connectivity index (χ0n) is 8.89. The summed E-state index contributed by atoms with van der Waals surface area (Å²) in [6.45, 7) is 1.92. The van der Waals surface area contributed by atoms with Gasteiger partial charge in [0.05, 0.1) is 16.9 Å². The maximum atomic E-state index is 11.8. The van der Waals surface area contributed by atoms with Gasteiger partial charge in [0, 0.05) is 17.8 Å². The molecule has 2 aliphatic rings. The molecule has 0 aromatic rings. The largest absolute Gasteiger partial charge is 0.481 e. The van der Waals surface area contributed by atoms with Crippen molar-refractivity contribution >= 4 is 17.0 Å². The minimum atomic E-state index is -0.899. The smallest absolute Gasteiger partial charge is 0.306 e.